The molecule has 0 spiro atoms. The first-order valence-corrected chi connectivity index (χ1v) is 24.7. The van der Waals surface area contributed by atoms with Crippen molar-refractivity contribution in [1.82, 2.24) is 19.6 Å². The van der Waals surface area contributed by atoms with Gasteiger partial charge in [-0.3, -0.25) is 9.80 Å². The van der Waals surface area contributed by atoms with Gasteiger partial charge in [0.05, 0.1) is 35.7 Å². The smallest absolute Gasteiger partial charge is 0.337 e. The molecule has 2 aliphatic carbocycles. The quantitative estimate of drug-likeness (QED) is 0.210. The Kier molecular flexibility index (Phi) is 12.6. The van der Waals surface area contributed by atoms with Gasteiger partial charge >= 0.3 is 5.97 Å². The zero-order chi connectivity index (χ0) is 40.5. The monoisotopic (exact) mass is 820 g/mol. The molecule has 10 nitrogen and oxygen atoms in total. The van der Waals surface area contributed by atoms with Gasteiger partial charge in [-0.25, -0.2) is 21.6 Å². The summed E-state index contributed by atoms with van der Waals surface area (Å²) in [5.41, 5.74) is 5.88. The second-order valence-corrected chi connectivity index (χ2v) is 22.9. The normalized spacial score (nSPS) is 29.2. The number of carbonyl (C=O) groups is 1. The number of fused-ring (bicyclic) bond motifs is 1. The van der Waals surface area contributed by atoms with Crippen LogP contribution in [-0.2, 0) is 29.8 Å². The molecule has 1 saturated carbocycles. The van der Waals surface area contributed by atoms with Crippen LogP contribution >= 0.6 is 0 Å². The van der Waals surface area contributed by atoms with Gasteiger partial charge in [0, 0.05) is 94.3 Å². The van der Waals surface area contributed by atoms with Gasteiger partial charge in [0.2, 0.25) is 0 Å². The molecule has 2 aromatic rings. The molecule has 0 amide bonds. The van der Waals surface area contributed by atoms with Gasteiger partial charge in [-0.05, 0) is 60.9 Å². The molecule has 3 aliphatic heterocycles. The summed E-state index contributed by atoms with van der Waals surface area (Å²) >= 11 is 0. The van der Waals surface area contributed by atoms with Crippen LogP contribution in [0.5, 0.6) is 0 Å². The summed E-state index contributed by atoms with van der Waals surface area (Å²) in [6.07, 6.45) is 10.4. The van der Waals surface area contributed by atoms with E-state index in [-0.39, 0.29) is 45.2 Å². The lowest BCUT2D eigenvalue weighted by molar-refractivity contribution is 0.0600. The van der Waals surface area contributed by atoms with Crippen molar-refractivity contribution in [1.29, 1.82) is 0 Å². The van der Waals surface area contributed by atoms with Crippen molar-refractivity contribution in [2.24, 2.45) is 10.8 Å². The van der Waals surface area contributed by atoms with Crippen LogP contribution in [0, 0.1) is 10.8 Å². The maximum Gasteiger partial charge on any atom is 0.337 e. The molecular weight excluding hydrogens is 757 g/mol. The molecule has 0 radical (unpaired) electrons. The lowest BCUT2D eigenvalue weighted by Crippen LogP contribution is -2.54. The number of allylic oxidation sites excluding steroid dienone is 2. The minimum absolute atomic E-state index is 0.00278. The topological polar surface area (TPSA) is 108 Å². The molecule has 1 atom stereocenters. The number of rotatable bonds is 12. The number of methoxy groups -OCH3 is 1. The van der Waals surface area contributed by atoms with Crippen molar-refractivity contribution in [3.05, 3.63) is 89.0 Å². The standard InChI is InChI=1S/C45H64N4O6S2/c1-43(2)40(36-10-12-37(13-11-36)42(50)55-4)16-18-44(3)34-49(21-17-41(43)44)39-14-19-45(20-15-39,38-8-6-5-7-9-38)35-48(24-22-46-26-30-56(51,52)31-27-46)25-23-47-28-32-57(53,54)33-29-47/h5-13,16-17,39H,14-15,18-35H2,1-4H3. The average molecular weight is 821 g/mol. The van der Waals surface area contributed by atoms with Crippen LogP contribution in [0.15, 0.2) is 72.3 Å². The molecule has 3 fully saturated rings. The summed E-state index contributed by atoms with van der Waals surface area (Å²) in [7, 11) is -4.47. The van der Waals surface area contributed by atoms with Crippen LogP contribution < -0.4 is 0 Å². The second-order valence-electron chi connectivity index (χ2n) is 18.3. The summed E-state index contributed by atoms with van der Waals surface area (Å²) in [5, 5.41) is 0. The van der Waals surface area contributed by atoms with Crippen LogP contribution in [0.25, 0.3) is 5.57 Å². The van der Waals surface area contributed by atoms with E-state index >= 15 is 0 Å². The first-order chi connectivity index (χ1) is 27.1. The highest BCUT2D eigenvalue weighted by Gasteiger charge is 2.48. The van der Waals surface area contributed by atoms with Gasteiger partial charge in [0.15, 0.2) is 19.7 Å². The Balaban J connectivity index is 1.05. The van der Waals surface area contributed by atoms with E-state index in [0.717, 1.165) is 83.5 Å². The Labute approximate surface area is 342 Å². The molecule has 0 bridgehead atoms. The van der Waals surface area contributed by atoms with Gasteiger partial charge < -0.3 is 14.5 Å². The molecule has 0 aromatic heterocycles. The van der Waals surface area contributed by atoms with E-state index in [9.17, 15) is 21.6 Å². The highest BCUT2D eigenvalue weighted by Crippen LogP contribution is 2.56. The second kappa shape index (κ2) is 17.0. The minimum atomic E-state index is -2.94. The first kappa shape index (κ1) is 42.3. The van der Waals surface area contributed by atoms with E-state index in [1.54, 1.807) is 0 Å². The van der Waals surface area contributed by atoms with E-state index in [2.05, 4.69) is 95.0 Å². The lowest BCUT2D eigenvalue weighted by atomic mass is 9.58. The average Bonchev–Trinajstić information content (AvgIpc) is 3.20. The van der Waals surface area contributed by atoms with Crippen LogP contribution in [0.2, 0.25) is 0 Å². The Morgan fingerprint density at radius 3 is 1.89 bits per heavy atom. The SMILES string of the molecule is COC(=O)c1ccc(C2=CCC3(C)CN(C4CCC(CN(CCN5CCS(=O)(=O)CC5)CCN5CCS(=O)(=O)CC5)(c5ccccc5)CC4)CC=C3C2(C)C)cc1. The molecule has 12 heteroatoms. The number of sulfone groups is 2. The fraction of sp³-hybridized carbons (Fsp3) is 0.622. The van der Waals surface area contributed by atoms with E-state index in [4.69, 9.17) is 4.74 Å². The van der Waals surface area contributed by atoms with Crippen LogP contribution in [0.4, 0.5) is 0 Å². The number of hydrogen-bond acceptors (Lipinski definition) is 10. The maximum atomic E-state index is 12.2. The molecule has 2 saturated heterocycles. The van der Waals surface area contributed by atoms with Crippen molar-refractivity contribution in [2.75, 3.05) is 102 Å². The van der Waals surface area contributed by atoms with E-state index in [1.165, 1.54) is 23.8 Å². The molecule has 57 heavy (non-hydrogen) atoms. The van der Waals surface area contributed by atoms with Gasteiger partial charge in [-0.2, -0.15) is 0 Å². The molecule has 3 heterocycles. The predicted molar refractivity (Wildman–Crippen MR) is 229 cm³/mol. The Bertz CT molecular complexity index is 1950. The zero-order valence-electron chi connectivity index (χ0n) is 34.6. The summed E-state index contributed by atoms with van der Waals surface area (Å²) < 4.78 is 53.6. The van der Waals surface area contributed by atoms with Crippen LogP contribution in [0.3, 0.4) is 0 Å². The van der Waals surface area contributed by atoms with Crippen LogP contribution in [0.1, 0.15) is 74.4 Å². The van der Waals surface area contributed by atoms with Crippen molar-refractivity contribution in [3.8, 4) is 0 Å². The summed E-state index contributed by atoms with van der Waals surface area (Å²) in [4.78, 5) is 22.0. The molecule has 0 N–H and O–H groups in total. The molecule has 312 valence electrons. The summed E-state index contributed by atoms with van der Waals surface area (Å²) in [6, 6.07) is 19.4. The first-order valence-electron chi connectivity index (χ1n) is 21.1. The highest BCUT2D eigenvalue weighted by molar-refractivity contribution is 7.91. The Morgan fingerprint density at radius 1 is 0.789 bits per heavy atom. The van der Waals surface area contributed by atoms with Crippen molar-refractivity contribution >= 4 is 31.2 Å². The maximum absolute atomic E-state index is 12.2. The third-order valence-electron chi connectivity index (χ3n) is 14.1. The third kappa shape index (κ3) is 9.62. The van der Waals surface area contributed by atoms with Gasteiger partial charge in [0.1, 0.15) is 0 Å². The van der Waals surface area contributed by atoms with Crippen LogP contribution in [-0.4, -0.2) is 151 Å². The minimum Gasteiger partial charge on any atom is -0.465 e. The molecule has 2 aromatic carbocycles. The van der Waals surface area contributed by atoms with Gasteiger partial charge in [-0.15, -0.1) is 0 Å². The molecule has 5 aliphatic rings. The Morgan fingerprint density at radius 2 is 1.35 bits per heavy atom. The largest absolute Gasteiger partial charge is 0.465 e. The Hall–Kier alpha value is -2.87. The van der Waals surface area contributed by atoms with Gasteiger partial charge in [0.25, 0.3) is 0 Å². The summed E-state index contributed by atoms with van der Waals surface area (Å²) in [6.45, 7) is 15.9. The van der Waals surface area contributed by atoms with Crippen molar-refractivity contribution < 1.29 is 26.4 Å². The number of hydrogen-bond donors (Lipinski definition) is 0. The molecular formula is C45H64N4O6S2. The molecule has 7 rings (SSSR count). The number of nitrogens with zero attached hydrogens (tertiary/aromatic N) is 4. The zero-order valence-corrected chi connectivity index (χ0v) is 36.3. The fourth-order valence-electron chi connectivity index (χ4n) is 10.7. The number of esters is 1. The highest BCUT2D eigenvalue weighted by atomic mass is 32.2. The lowest BCUT2D eigenvalue weighted by Gasteiger charge is -2.53. The number of carbonyl (C=O) groups excluding carboxylic acids is 1. The van der Waals surface area contributed by atoms with Gasteiger partial charge in [-0.1, -0.05) is 81.0 Å². The summed E-state index contributed by atoms with van der Waals surface area (Å²) in [5.74, 6) is 0.622. The van der Waals surface area contributed by atoms with Crippen molar-refractivity contribution in [3.63, 3.8) is 0 Å². The number of ether oxygens (including phenoxy) is 1. The van der Waals surface area contributed by atoms with E-state index in [1.807, 2.05) is 12.1 Å². The fourth-order valence-corrected chi connectivity index (χ4v) is 13.2. The third-order valence-corrected chi connectivity index (χ3v) is 17.4. The van der Waals surface area contributed by atoms with E-state index in [0.29, 0.717) is 37.8 Å². The number of benzene rings is 2. The predicted octanol–water partition coefficient (Wildman–Crippen LogP) is 5.18. The molecule has 1 unspecified atom stereocenters. The van der Waals surface area contributed by atoms with Crippen molar-refractivity contribution in [2.45, 2.75) is 64.3 Å². The van der Waals surface area contributed by atoms with E-state index < -0.39 is 19.7 Å².